The Morgan fingerprint density at radius 2 is 1.41 bits per heavy atom. The lowest BCUT2D eigenvalue weighted by Crippen LogP contribution is -2.38. The summed E-state index contributed by atoms with van der Waals surface area (Å²) in [6.07, 6.45) is 0. The lowest BCUT2D eigenvalue weighted by Gasteiger charge is -2.33. The normalized spacial score (nSPS) is 13.8. The van der Waals surface area contributed by atoms with Crippen LogP contribution in [0.15, 0.2) is 54.6 Å². The molecule has 29 heavy (non-hydrogen) atoms. The van der Waals surface area contributed by atoms with Gasteiger partial charge in [0.05, 0.1) is 5.02 Å². The van der Waals surface area contributed by atoms with Crippen molar-refractivity contribution >= 4 is 56.5 Å². The molecular weight excluding hydrogens is 482 g/mol. The van der Waals surface area contributed by atoms with Gasteiger partial charge in [-0.25, -0.2) is 0 Å². The number of benzene rings is 3. The zero-order valence-corrected chi connectivity index (χ0v) is 18.1. The van der Waals surface area contributed by atoms with Crippen molar-refractivity contribution in [3.63, 3.8) is 0 Å². The molecule has 0 aliphatic rings. The van der Waals surface area contributed by atoms with E-state index in [0.29, 0.717) is 0 Å². The number of rotatable bonds is 4. The second kappa shape index (κ2) is 7.87. The highest BCUT2D eigenvalue weighted by Gasteiger charge is 2.51. The Morgan fingerprint density at radius 3 is 1.97 bits per heavy atom. The Labute approximate surface area is 186 Å². The van der Waals surface area contributed by atoms with E-state index in [-0.39, 0.29) is 42.5 Å². The number of phenols is 2. The molecule has 0 bridgehead atoms. The van der Waals surface area contributed by atoms with Gasteiger partial charge in [-0.2, -0.15) is 8.42 Å². The predicted octanol–water partition coefficient (Wildman–Crippen LogP) is 5.89. The van der Waals surface area contributed by atoms with Gasteiger partial charge < -0.3 is 10.2 Å². The van der Waals surface area contributed by atoms with Gasteiger partial charge in [0.25, 0.3) is 10.1 Å². The maximum atomic E-state index is 12.9. The van der Waals surface area contributed by atoms with E-state index in [1.165, 1.54) is 48.5 Å². The molecule has 3 rings (SSSR count). The minimum atomic E-state index is -5.08. The van der Waals surface area contributed by atoms with Crippen LogP contribution in [0.1, 0.15) is 16.7 Å². The zero-order valence-electron chi connectivity index (χ0n) is 14.3. The van der Waals surface area contributed by atoms with Crippen molar-refractivity contribution in [2.75, 3.05) is 0 Å². The quantitative estimate of drug-likeness (QED) is 0.311. The number of hydrogen-bond acceptors (Lipinski definition) is 4. The molecule has 3 aromatic rings. The van der Waals surface area contributed by atoms with Crippen molar-refractivity contribution in [3.8, 4) is 11.5 Å². The Kier molecular flexibility index (Phi) is 5.98. The molecule has 0 aliphatic heterocycles. The van der Waals surface area contributed by atoms with Crippen LogP contribution in [0.2, 0.25) is 20.1 Å². The van der Waals surface area contributed by atoms with Crippen LogP contribution in [-0.4, -0.2) is 23.2 Å². The third kappa shape index (κ3) is 3.77. The second-order valence-corrected chi connectivity index (χ2v) is 9.34. The van der Waals surface area contributed by atoms with Crippen LogP contribution in [-0.2, 0) is 14.9 Å². The maximum Gasteiger partial charge on any atom is 0.283 e. The lowest BCUT2D eigenvalue weighted by atomic mass is 9.83. The third-order valence-corrected chi connectivity index (χ3v) is 7.05. The molecule has 0 saturated heterocycles. The molecule has 0 aromatic heterocycles. The van der Waals surface area contributed by atoms with Gasteiger partial charge >= 0.3 is 0 Å². The highest BCUT2D eigenvalue weighted by Crippen LogP contribution is 2.51. The summed E-state index contributed by atoms with van der Waals surface area (Å²) < 4.78 is 33.9. The molecule has 3 aromatic carbocycles. The summed E-state index contributed by atoms with van der Waals surface area (Å²) in [4.78, 5) is 0. The van der Waals surface area contributed by atoms with Crippen molar-refractivity contribution in [2.45, 2.75) is 4.75 Å². The fourth-order valence-corrected chi connectivity index (χ4v) is 5.35. The Bertz CT molecular complexity index is 1190. The summed E-state index contributed by atoms with van der Waals surface area (Å²) in [7, 11) is -5.08. The van der Waals surface area contributed by atoms with Crippen molar-refractivity contribution in [2.24, 2.45) is 0 Å². The minimum absolute atomic E-state index is 0.0304. The van der Waals surface area contributed by atoms with Gasteiger partial charge in [0.1, 0.15) is 16.5 Å². The first-order valence-corrected chi connectivity index (χ1v) is 10.8. The zero-order chi connectivity index (χ0) is 21.6. The summed E-state index contributed by atoms with van der Waals surface area (Å²) in [6.45, 7) is 0. The smallest absolute Gasteiger partial charge is 0.283 e. The number of phenolic OH excluding ortho intramolecular Hbond substituents is 2. The average Bonchev–Trinajstić information content (AvgIpc) is 2.60. The van der Waals surface area contributed by atoms with E-state index in [4.69, 9.17) is 46.4 Å². The highest BCUT2D eigenvalue weighted by atomic mass is 35.5. The Hall–Kier alpha value is -1.67. The average molecular weight is 494 g/mol. The van der Waals surface area contributed by atoms with E-state index in [2.05, 4.69) is 0 Å². The molecule has 10 heteroatoms. The fourth-order valence-electron chi connectivity index (χ4n) is 3.22. The van der Waals surface area contributed by atoms with Gasteiger partial charge in [0.2, 0.25) is 0 Å². The number of aromatic hydroxyl groups is 2. The van der Waals surface area contributed by atoms with Crippen molar-refractivity contribution in [3.05, 3.63) is 91.4 Å². The predicted molar refractivity (Wildman–Crippen MR) is 114 cm³/mol. The summed E-state index contributed by atoms with van der Waals surface area (Å²) in [6, 6.07) is 11.6. The van der Waals surface area contributed by atoms with E-state index < -0.39 is 20.6 Å². The molecule has 0 fully saturated rings. The molecule has 3 N–H and O–H groups in total. The molecule has 152 valence electrons. The third-order valence-electron chi connectivity index (χ3n) is 4.36. The van der Waals surface area contributed by atoms with Gasteiger partial charge in [-0.1, -0.05) is 64.6 Å². The molecule has 5 nitrogen and oxygen atoms in total. The summed E-state index contributed by atoms with van der Waals surface area (Å²) in [5, 5.41) is 20.5. The molecule has 0 amide bonds. The summed E-state index contributed by atoms with van der Waals surface area (Å²) >= 11 is 24.2. The Balaban J connectivity index is 2.61. The summed E-state index contributed by atoms with van der Waals surface area (Å²) in [5.41, 5.74) is -0.484. The molecule has 0 aliphatic carbocycles. The van der Waals surface area contributed by atoms with Crippen LogP contribution in [0.4, 0.5) is 0 Å². The number of halogens is 4. The monoisotopic (exact) mass is 492 g/mol. The van der Waals surface area contributed by atoms with Crippen molar-refractivity contribution < 1.29 is 23.2 Å². The molecule has 0 heterocycles. The first-order chi connectivity index (χ1) is 13.5. The van der Waals surface area contributed by atoms with Crippen LogP contribution in [0.25, 0.3) is 0 Å². The van der Waals surface area contributed by atoms with Gasteiger partial charge in [0.15, 0.2) is 4.75 Å². The van der Waals surface area contributed by atoms with Crippen LogP contribution in [0.3, 0.4) is 0 Å². The minimum Gasteiger partial charge on any atom is -0.508 e. The standard InChI is InChI=1S/C19H12Cl4O5S/c20-12-6-11(7-13(21)9-12)19(29(26,27)28,10-2-1-3-14(24)8-10)15-4-5-16(22)17(23)18(15)25/h1-9,24-25H,(H,26,27,28). The van der Waals surface area contributed by atoms with Gasteiger partial charge in [-0.3, -0.25) is 4.55 Å². The molecule has 0 radical (unpaired) electrons. The van der Waals surface area contributed by atoms with Crippen LogP contribution in [0, 0.1) is 0 Å². The second-order valence-electron chi connectivity index (χ2n) is 6.12. The first kappa shape index (κ1) is 22.0. The first-order valence-electron chi connectivity index (χ1n) is 7.89. The van der Waals surface area contributed by atoms with Gasteiger partial charge in [-0.05, 0) is 47.5 Å². The molecule has 1 atom stereocenters. The van der Waals surface area contributed by atoms with Crippen LogP contribution < -0.4 is 0 Å². The maximum absolute atomic E-state index is 12.9. The van der Waals surface area contributed by atoms with Crippen molar-refractivity contribution in [1.82, 2.24) is 0 Å². The van der Waals surface area contributed by atoms with E-state index in [1.807, 2.05) is 0 Å². The van der Waals surface area contributed by atoms with Crippen LogP contribution in [0.5, 0.6) is 11.5 Å². The fraction of sp³-hybridized carbons (Fsp3) is 0.0526. The van der Waals surface area contributed by atoms with E-state index in [9.17, 15) is 23.2 Å². The molecule has 1 unspecified atom stereocenters. The molecular formula is C19H12Cl4O5S. The topological polar surface area (TPSA) is 94.8 Å². The van der Waals surface area contributed by atoms with E-state index >= 15 is 0 Å². The Morgan fingerprint density at radius 1 is 0.793 bits per heavy atom. The largest absolute Gasteiger partial charge is 0.508 e. The highest BCUT2D eigenvalue weighted by molar-refractivity contribution is 7.87. The van der Waals surface area contributed by atoms with Gasteiger partial charge in [-0.15, -0.1) is 0 Å². The SMILES string of the molecule is O=S(=O)(O)C(c1cccc(O)c1)(c1cc(Cl)cc(Cl)c1)c1ccc(Cl)c(Cl)c1O. The van der Waals surface area contributed by atoms with Crippen molar-refractivity contribution in [1.29, 1.82) is 0 Å². The van der Waals surface area contributed by atoms with E-state index in [0.717, 1.165) is 6.07 Å². The van der Waals surface area contributed by atoms with Gasteiger partial charge in [0, 0.05) is 15.6 Å². The molecule has 0 saturated carbocycles. The summed E-state index contributed by atoms with van der Waals surface area (Å²) in [5.74, 6) is -0.945. The lowest BCUT2D eigenvalue weighted by molar-refractivity contribution is 0.439. The van der Waals surface area contributed by atoms with E-state index in [1.54, 1.807) is 0 Å². The number of hydrogen-bond donors (Lipinski definition) is 3. The van der Waals surface area contributed by atoms with Crippen LogP contribution >= 0.6 is 46.4 Å². The molecule has 0 spiro atoms.